The Labute approximate surface area is 176 Å². The van der Waals surface area contributed by atoms with E-state index in [-0.39, 0.29) is 16.9 Å². The number of nitrogens with zero attached hydrogens (tertiary/aromatic N) is 1. The Morgan fingerprint density at radius 2 is 1.76 bits per heavy atom. The number of benzene rings is 2. The summed E-state index contributed by atoms with van der Waals surface area (Å²) in [6.07, 6.45) is 1.58. The first kappa shape index (κ1) is 20.9. The molecular formula is C24H25ClN2O2. The van der Waals surface area contributed by atoms with E-state index in [1.165, 1.54) is 6.07 Å². The molecule has 2 aromatic carbocycles. The predicted octanol–water partition coefficient (Wildman–Crippen LogP) is 5.18. The second-order valence-electron chi connectivity index (χ2n) is 7.10. The van der Waals surface area contributed by atoms with Crippen LogP contribution in [0.3, 0.4) is 0 Å². The summed E-state index contributed by atoms with van der Waals surface area (Å²) in [5.41, 5.74) is 4.38. The average Bonchev–Trinajstić information content (AvgIpc) is 2.69. The van der Waals surface area contributed by atoms with E-state index in [2.05, 4.69) is 5.32 Å². The summed E-state index contributed by atoms with van der Waals surface area (Å²) < 4.78 is 2.02. The van der Waals surface area contributed by atoms with E-state index in [0.29, 0.717) is 17.3 Å². The summed E-state index contributed by atoms with van der Waals surface area (Å²) in [7, 11) is 0. The molecule has 0 saturated heterocycles. The Balaban J connectivity index is 1.89. The number of halogens is 1. The molecule has 0 fully saturated rings. The molecular weight excluding hydrogens is 384 g/mol. The van der Waals surface area contributed by atoms with Gasteiger partial charge in [0.25, 0.3) is 5.91 Å². The molecule has 0 bridgehead atoms. The third-order valence-corrected chi connectivity index (χ3v) is 5.44. The number of nitrogens with one attached hydrogen (secondary N) is 1. The molecule has 1 heterocycles. The normalized spacial score (nSPS) is 10.8. The van der Waals surface area contributed by atoms with Gasteiger partial charge in [0.15, 0.2) is 5.43 Å². The quantitative estimate of drug-likeness (QED) is 0.611. The average molecular weight is 409 g/mol. The molecule has 4 nitrogen and oxygen atoms in total. The van der Waals surface area contributed by atoms with Gasteiger partial charge >= 0.3 is 0 Å². The summed E-state index contributed by atoms with van der Waals surface area (Å²) in [6, 6.07) is 16.9. The number of pyridine rings is 1. The lowest BCUT2D eigenvalue weighted by Crippen LogP contribution is -2.27. The fourth-order valence-corrected chi connectivity index (χ4v) is 3.69. The maximum atomic E-state index is 13.0. The molecule has 0 radical (unpaired) electrons. The van der Waals surface area contributed by atoms with Gasteiger partial charge in [-0.25, -0.2) is 0 Å². The Morgan fingerprint density at radius 3 is 2.45 bits per heavy atom. The van der Waals surface area contributed by atoms with Gasteiger partial charge in [0.1, 0.15) is 5.56 Å². The smallest absolute Gasteiger partial charge is 0.261 e. The van der Waals surface area contributed by atoms with Crippen LogP contribution in [0, 0.1) is 13.8 Å². The van der Waals surface area contributed by atoms with Crippen molar-refractivity contribution in [3.63, 3.8) is 0 Å². The molecule has 150 valence electrons. The third kappa shape index (κ3) is 4.77. The second kappa shape index (κ2) is 9.10. The molecule has 5 heteroatoms. The topological polar surface area (TPSA) is 51.1 Å². The third-order valence-electron chi connectivity index (χ3n) is 5.19. The first-order valence-corrected chi connectivity index (χ1v) is 10.1. The number of hydrogen-bond donors (Lipinski definition) is 1. The van der Waals surface area contributed by atoms with E-state index < -0.39 is 0 Å². The van der Waals surface area contributed by atoms with Crippen molar-refractivity contribution < 1.29 is 4.79 Å². The van der Waals surface area contributed by atoms with Gasteiger partial charge in [0, 0.05) is 34.7 Å². The summed E-state index contributed by atoms with van der Waals surface area (Å²) >= 11 is 5.96. The fourth-order valence-electron chi connectivity index (χ4n) is 3.57. The van der Waals surface area contributed by atoms with Crippen LogP contribution in [0.1, 0.15) is 39.8 Å². The lowest BCUT2D eigenvalue weighted by molar-refractivity contribution is 0.102. The van der Waals surface area contributed by atoms with Crippen LogP contribution in [0.5, 0.6) is 0 Å². The molecule has 1 N–H and O–H groups in total. The second-order valence-corrected chi connectivity index (χ2v) is 7.54. The largest absolute Gasteiger partial charge is 0.348 e. The Kier molecular flexibility index (Phi) is 6.55. The number of amides is 1. The van der Waals surface area contributed by atoms with Gasteiger partial charge in [-0.05, 0) is 56.0 Å². The molecule has 0 spiro atoms. The Bertz CT molecular complexity index is 1090. The van der Waals surface area contributed by atoms with Crippen LogP contribution in [-0.2, 0) is 19.4 Å². The maximum absolute atomic E-state index is 13.0. The van der Waals surface area contributed by atoms with Gasteiger partial charge in [-0.15, -0.1) is 0 Å². The number of aromatic nitrogens is 1. The summed E-state index contributed by atoms with van der Waals surface area (Å²) in [5.74, 6) is -0.367. The lowest BCUT2D eigenvalue weighted by atomic mass is 10.1. The minimum atomic E-state index is -0.367. The molecule has 3 rings (SSSR count). The molecule has 3 aromatic rings. The van der Waals surface area contributed by atoms with Crippen LogP contribution in [0.25, 0.3) is 0 Å². The molecule has 0 aliphatic heterocycles. The highest BCUT2D eigenvalue weighted by atomic mass is 35.5. The Morgan fingerprint density at radius 1 is 1.07 bits per heavy atom. The van der Waals surface area contributed by atoms with E-state index in [1.807, 2.05) is 73.9 Å². The van der Waals surface area contributed by atoms with E-state index in [1.54, 1.807) is 0 Å². The first-order valence-electron chi connectivity index (χ1n) is 9.75. The van der Waals surface area contributed by atoms with Crippen LogP contribution in [0.4, 0.5) is 5.69 Å². The van der Waals surface area contributed by atoms with Gasteiger partial charge in [0.2, 0.25) is 0 Å². The fraction of sp³-hybridized carbons (Fsp3) is 0.250. The minimum absolute atomic E-state index is 0.192. The number of aryl methyl sites for hydroxylation is 3. The van der Waals surface area contributed by atoms with Crippen LogP contribution >= 0.6 is 11.6 Å². The van der Waals surface area contributed by atoms with E-state index in [0.717, 1.165) is 35.3 Å². The lowest BCUT2D eigenvalue weighted by Gasteiger charge is -2.18. The molecule has 1 aromatic heterocycles. The monoisotopic (exact) mass is 408 g/mol. The standard InChI is InChI=1S/C24H25ClN2O2/c1-4-19-7-5-6-8-21(19)26-24(29)23-17(3)27(16(2)15-22(23)28)14-13-18-9-11-20(25)12-10-18/h5-12,15H,4,13-14H2,1-3H3,(H,26,29). The number of carbonyl (C=O) groups is 1. The summed E-state index contributed by atoms with van der Waals surface area (Å²) in [5, 5.41) is 3.62. The molecule has 0 saturated carbocycles. The van der Waals surface area contributed by atoms with Crippen LogP contribution in [0.15, 0.2) is 59.4 Å². The van der Waals surface area contributed by atoms with Gasteiger partial charge < -0.3 is 9.88 Å². The number of hydrogen-bond acceptors (Lipinski definition) is 2. The van der Waals surface area contributed by atoms with Gasteiger partial charge in [-0.3, -0.25) is 9.59 Å². The first-order chi connectivity index (χ1) is 13.9. The molecule has 0 unspecified atom stereocenters. The SMILES string of the molecule is CCc1ccccc1NC(=O)c1c(C)n(CCc2ccc(Cl)cc2)c(C)cc1=O. The van der Waals surface area contributed by atoms with Crippen molar-refractivity contribution >= 4 is 23.2 Å². The number of anilines is 1. The van der Waals surface area contributed by atoms with Crippen molar-refractivity contribution in [2.45, 2.75) is 40.2 Å². The molecule has 0 aliphatic carbocycles. The molecule has 0 aliphatic rings. The predicted molar refractivity (Wildman–Crippen MR) is 119 cm³/mol. The number of rotatable bonds is 6. The summed E-state index contributed by atoms with van der Waals surface area (Å²) in [6.45, 7) is 6.43. The molecule has 0 atom stereocenters. The van der Waals surface area contributed by atoms with E-state index in [4.69, 9.17) is 11.6 Å². The van der Waals surface area contributed by atoms with Crippen LogP contribution in [-0.4, -0.2) is 10.5 Å². The van der Waals surface area contributed by atoms with E-state index in [9.17, 15) is 9.59 Å². The molecule has 29 heavy (non-hydrogen) atoms. The van der Waals surface area contributed by atoms with Crippen molar-refractivity contribution in [2.75, 3.05) is 5.32 Å². The minimum Gasteiger partial charge on any atom is -0.348 e. The Hall–Kier alpha value is -2.85. The highest BCUT2D eigenvalue weighted by molar-refractivity contribution is 6.30. The van der Waals surface area contributed by atoms with Gasteiger partial charge in [0.05, 0.1) is 0 Å². The van der Waals surface area contributed by atoms with Crippen molar-refractivity contribution in [1.29, 1.82) is 0 Å². The maximum Gasteiger partial charge on any atom is 0.261 e. The van der Waals surface area contributed by atoms with E-state index >= 15 is 0 Å². The van der Waals surface area contributed by atoms with Crippen molar-refractivity contribution in [3.05, 3.63) is 97.9 Å². The highest BCUT2D eigenvalue weighted by Gasteiger charge is 2.18. The zero-order chi connectivity index (χ0) is 21.0. The van der Waals surface area contributed by atoms with Crippen molar-refractivity contribution in [1.82, 2.24) is 4.57 Å². The zero-order valence-electron chi connectivity index (χ0n) is 17.0. The molecule has 1 amide bonds. The van der Waals surface area contributed by atoms with Crippen LogP contribution < -0.4 is 10.7 Å². The highest BCUT2D eigenvalue weighted by Crippen LogP contribution is 2.18. The zero-order valence-corrected chi connectivity index (χ0v) is 17.7. The number of carbonyl (C=O) groups excluding carboxylic acids is 1. The van der Waals surface area contributed by atoms with Gasteiger partial charge in [-0.1, -0.05) is 48.9 Å². The van der Waals surface area contributed by atoms with Crippen molar-refractivity contribution in [2.24, 2.45) is 0 Å². The number of para-hydroxylation sites is 1. The van der Waals surface area contributed by atoms with Gasteiger partial charge in [-0.2, -0.15) is 0 Å². The summed E-state index contributed by atoms with van der Waals surface area (Å²) in [4.78, 5) is 25.6. The van der Waals surface area contributed by atoms with Crippen molar-refractivity contribution in [3.8, 4) is 0 Å². The van der Waals surface area contributed by atoms with Crippen LogP contribution in [0.2, 0.25) is 5.02 Å².